The lowest BCUT2D eigenvalue weighted by molar-refractivity contribution is 0.101. The number of carbonyl (C=O) groups is 1. The second kappa shape index (κ2) is 12.1. The minimum absolute atomic E-state index is 0.235. The van der Waals surface area contributed by atoms with Crippen LogP contribution in [0.15, 0.2) is 48.9 Å². The molecule has 194 valence electrons. The molecule has 0 aliphatic heterocycles. The topological polar surface area (TPSA) is 110 Å². The van der Waals surface area contributed by atoms with Gasteiger partial charge in [-0.15, -0.1) is 0 Å². The highest BCUT2D eigenvalue weighted by molar-refractivity contribution is 6.04. The second-order valence-corrected chi connectivity index (χ2v) is 8.28. The normalized spacial score (nSPS) is 10.8. The molecule has 3 aromatic heterocycles. The Kier molecular flexibility index (Phi) is 8.40. The van der Waals surface area contributed by atoms with Crippen LogP contribution in [-0.4, -0.2) is 46.5 Å². The molecule has 0 bridgehead atoms. The fourth-order valence-corrected chi connectivity index (χ4v) is 3.69. The molecule has 0 atom stereocenters. The number of aromatic nitrogens is 4. The number of fused-ring (bicyclic) bond motifs is 1. The van der Waals surface area contributed by atoms with E-state index in [2.05, 4.69) is 34.2 Å². The van der Waals surface area contributed by atoms with Gasteiger partial charge in [0.2, 0.25) is 0 Å². The first-order valence-corrected chi connectivity index (χ1v) is 12.2. The van der Waals surface area contributed by atoms with Crippen LogP contribution in [0.3, 0.4) is 0 Å². The Morgan fingerprint density at radius 3 is 2.49 bits per heavy atom. The summed E-state index contributed by atoms with van der Waals surface area (Å²) in [5.41, 5.74) is 0.936. The lowest BCUT2D eigenvalue weighted by atomic mass is 10.2. The van der Waals surface area contributed by atoms with Crippen molar-refractivity contribution in [3.8, 4) is 28.7 Å². The van der Waals surface area contributed by atoms with Gasteiger partial charge in [0.25, 0.3) is 5.91 Å². The molecule has 4 aromatic rings. The summed E-state index contributed by atoms with van der Waals surface area (Å²) in [4.78, 5) is 21.7. The van der Waals surface area contributed by atoms with Crippen molar-refractivity contribution in [2.45, 2.75) is 39.7 Å². The summed E-state index contributed by atoms with van der Waals surface area (Å²) in [7, 11) is 3.15. The highest BCUT2D eigenvalue weighted by Crippen LogP contribution is 2.36. The fourth-order valence-electron chi connectivity index (χ4n) is 3.69. The molecule has 4 rings (SSSR count). The molecule has 0 aliphatic carbocycles. The number of rotatable bonds is 12. The van der Waals surface area contributed by atoms with E-state index in [1.807, 2.05) is 6.07 Å². The smallest absolute Gasteiger partial charge is 0.281 e. The number of carbonyl (C=O) groups excluding carboxylic acids is 1. The maximum Gasteiger partial charge on any atom is 0.281 e. The third-order valence-corrected chi connectivity index (χ3v) is 5.56. The van der Waals surface area contributed by atoms with Crippen LogP contribution in [0, 0.1) is 0 Å². The SMILES string of the molecule is CCCCOc1cn(CCC)nc1C(=O)Nc1ccc(Oc2ccnc3cc(OC)c(OC)cc23)cn1. The number of hydrogen-bond donors (Lipinski definition) is 1. The number of ether oxygens (including phenoxy) is 4. The minimum Gasteiger partial charge on any atom is -0.493 e. The summed E-state index contributed by atoms with van der Waals surface area (Å²) >= 11 is 0. The molecule has 0 fully saturated rings. The van der Waals surface area contributed by atoms with Gasteiger partial charge in [-0.25, -0.2) is 4.98 Å². The Morgan fingerprint density at radius 2 is 1.78 bits per heavy atom. The number of unbranched alkanes of at least 4 members (excludes halogenated alkanes) is 1. The molecule has 1 aromatic carbocycles. The van der Waals surface area contributed by atoms with Gasteiger partial charge < -0.3 is 24.3 Å². The van der Waals surface area contributed by atoms with Gasteiger partial charge in [0, 0.05) is 24.2 Å². The number of pyridine rings is 2. The number of methoxy groups -OCH3 is 2. The number of benzene rings is 1. The average Bonchev–Trinajstić information content (AvgIpc) is 3.32. The summed E-state index contributed by atoms with van der Waals surface area (Å²) in [5, 5.41) is 7.96. The van der Waals surface area contributed by atoms with Crippen LogP contribution in [0.25, 0.3) is 10.9 Å². The van der Waals surface area contributed by atoms with E-state index in [0.717, 1.165) is 24.6 Å². The van der Waals surface area contributed by atoms with Gasteiger partial charge in [0.1, 0.15) is 17.3 Å². The van der Waals surface area contributed by atoms with E-state index in [0.29, 0.717) is 53.2 Å². The summed E-state index contributed by atoms with van der Waals surface area (Å²) in [6, 6.07) is 8.76. The molecule has 0 saturated carbocycles. The Labute approximate surface area is 215 Å². The number of nitrogens with one attached hydrogen (secondary N) is 1. The monoisotopic (exact) mass is 505 g/mol. The highest BCUT2D eigenvalue weighted by Gasteiger charge is 2.19. The van der Waals surface area contributed by atoms with Crippen molar-refractivity contribution in [3.05, 3.63) is 54.6 Å². The first-order valence-electron chi connectivity index (χ1n) is 12.2. The second-order valence-electron chi connectivity index (χ2n) is 8.28. The Morgan fingerprint density at radius 1 is 0.973 bits per heavy atom. The molecule has 0 unspecified atom stereocenters. The molecule has 37 heavy (non-hydrogen) atoms. The minimum atomic E-state index is -0.385. The van der Waals surface area contributed by atoms with Crippen molar-refractivity contribution < 1.29 is 23.7 Å². The summed E-state index contributed by atoms with van der Waals surface area (Å²) in [5.74, 6) is 2.69. The summed E-state index contributed by atoms with van der Waals surface area (Å²) in [6.07, 6.45) is 7.76. The summed E-state index contributed by atoms with van der Waals surface area (Å²) in [6.45, 7) is 5.36. The number of hydrogen-bond acceptors (Lipinski definition) is 8. The van der Waals surface area contributed by atoms with Gasteiger partial charge in [-0.1, -0.05) is 20.3 Å². The van der Waals surface area contributed by atoms with Gasteiger partial charge >= 0.3 is 0 Å². The van der Waals surface area contributed by atoms with E-state index in [1.165, 1.54) is 6.20 Å². The van der Waals surface area contributed by atoms with Crippen LogP contribution in [0.4, 0.5) is 5.82 Å². The Balaban J connectivity index is 1.49. The molecule has 0 saturated heterocycles. The fraction of sp³-hybridized carbons (Fsp3) is 0.333. The average molecular weight is 506 g/mol. The number of anilines is 1. The van der Waals surface area contributed by atoms with Gasteiger partial charge in [-0.05, 0) is 37.1 Å². The lowest BCUT2D eigenvalue weighted by Gasteiger charge is -2.12. The van der Waals surface area contributed by atoms with E-state index in [1.54, 1.807) is 55.6 Å². The van der Waals surface area contributed by atoms with Gasteiger partial charge in [0.05, 0.1) is 38.7 Å². The van der Waals surface area contributed by atoms with Crippen LogP contribution < -0.4 is 24.3 Å². The Bertz CT molecular complexity index is 1350. The van der Waals surface area contributed by atoms with Crippen molar-refractivity contribution in [3.63, 3.8) is 0 Å². The van der Waals surface area contributed by atoms with Gasteiger partial charge in [0.15, 0.2) is 22.9 Å². The van der Waals surface area contributed by atoms with Crippen molar-refractivity contribution in [2.75, 3.05) is 26.1 Å². The third-order valence-electron chi connectivity index (χ3n) is 5.56. The molecule has 0 spiro atoms. The van der Waals surface area contributed by atoms with Crippen LogP contribution >= 0.6 is 0 Å². The quantitative estimate of drug-likeness (QED) is 0.252. The number of aryl methyl sites for hydroxylation is 1. The molecule has 3 heterocycles. The zero-order valence-corrected chi connectivity index (χ0v) is 21.5. The van der Waals surface area contributed by atoms with Crippen LogP contribution in [-0.2, 0) is 6.54 Å². The van der Waals surface area contributed by atoms with Crippen LogP contribution in [0.2, 0.25) is 0 Å². The van der Waals surface area contributed by atoms with Crippen molar-refractivity contribution in [1.29, 1.82) is 0 Å². The van der Waals surface area contributed by atoms with E-state index < -0.39 is 0 Å². The molecule has 10 nitrogen and oxygen atoms in total. The first kappa shape index (κ1) is 25.7. The van der Waals surface area contributed by atoms with E-state index in [4.69, 9.17) is 18.9 Å². The van der Waals surface area contributed by atoms with Crippen LogP contribution in [0.5, 0.6) is 28.7 Å². The standard InChI is InChI=1S/C27H31N5O5/c1-5-7-13-36-24-17-32(12-6-2)31-26(24)27(33)30-25-9-8-18(16-29-25)37-21-10-11-28-20-15-23(35-4)22(34-3)14-19(20)21/h8-11,14-17H,5-7,12-13H2,1-4H3,(H,29,30,33). The molecule has 0 aliphatic rings. The highest BCUT2D eigenvalue weighted by atomic mass is 16.5. The van der Waals surface area contributed by atoms with Crippen LogP contribution in [0.1, 0.15) is 43.6 Å². The van der Waals surface area contributed by atoms with E-state index in [-0.39, 0.29) is 11.6 Å². The summed E-state index contributed by atoms with van der Waals surface area (Å²) < 4.78 is 24.4. The molecular weight excluding hydrogens is 474 g/mol. The third kappa shape index (κ3) is 6.08. The molecule has 0 radical (unpaired) electrons. The van der Waals surface area contributed by atoms with Crippen molar-refractivity contribution in [2.24, 2.45) is 0 Å². The predicted octanol–water partition coefficient (Wildman–Crippen LogP) is 5.48. The number of amides is 1. The van der Waals surface area contributed by atoms with Crippen molar-refractivity contribution in [1.82, 2.24) is 19.7 Å². The predicted molar refractivity (Wildman–Crippen MR) is 140 cm³/mol. The maximum atomic E-state index is 13.0. The molecule has 1 amide bonds. The first-order chi connectivity index (χ1) is 18.1. The number of nitrogens with zero attached hydrogens (tertiary/aromatic N) is 4. The molecule has 10 heteroatoms. The lowest BCUT2D eigenvalue weighted by Crippen LogP contribution is -2.15. The van der Waals surface area contributed by atoms with Gasteiger partial charge in [-0.2, -0.15) is 5.10 Å². The van der Waals surface area contributed by atoms with Crippen molar-refractivity contribution >= 4 is 22.6 Å². The molecular formula is C27H31N5O5. The maximum absolute atomic E-state index is 13.0. The van der Waals surface area contributed by atoms with E-state index in [9.17, 15) is 4.79 Å². The molecule has 1 N–H and O–H groups in total. The van der Waals surface area contributed by atoms with E-state index >= 15 is 0 Å². The largest absolute Gasteiger partial charge is 0.493 e. The zero-order chi connectivity index (χ0) is 26.2. The Hall–Kier alpha value is -4.34. The zero-order valence-electron chi connectivity index (χ0n) is 21.5. The van der Waals surface area contributed by atoms with Gasteiger partial charge in [-0.3, -0.25) is 14.5 Å².